The molecule has 0 bridgehead atoms. The molecular formula is C11H14INO2. The highest BCUT2D eigenvalue weighted by Crippen LogP contribution is 2.30. The van der Waals surface area contributed by atoms with Crippen molar-refractivity contribution in [2.45, 2.75) is 30.1 Å². The van der Waals surface area contributed by atoms with Gasteiger partial charge in [0.15, 0.2) is 0 Å². The van der Waals surface area contributed by atoms with Gasteiger partial charge in [0.25, 0.3) is 5.69 Å². The second-order valence-corrected chi connectivity index (χ2v) is 4.97. The number of halogens is 1. The number of rotatable bonds is 5. The van der Waals surface area contributed by atoms with Crippen LogP contribution < -0.4 is 0 Å². The summed E-state index contributed by atoms with van der Waals surface area (Å²) >= 11 is 2.35. The molecule has 1 unspecified atom stereocenters. The average Bonchev–Trinajstić information content (AvgIpc) is 2.26. The Labute approximate surface area is 103 Å². The summed E-state index contributed by atoms with van der Waals surface area (Å²) in [5, 5.41) is 10.6. The molecule has 1 aromatic rings. The van der Waals surface area contributed by atoms with Crippen LogP contribution in [-0.4, -0.2) is 4.92 Å². The monoisotopic (exact) mass is 319 g/mol. The van der Waals surface area contributed by atoms with Crippen molar-refractivity contribution in [3.8, 4) is 0 Å². The Morgan fingerprint density at radius 3 is 2.87 bits per heavy atom. The van der Waals surface area contributed by atoms with Gasteiger partial charge >= 0.3 is 0 Å². The molecule has 15 heavy (non-hydrogen) atoms. The van der Waals surface area contributed by atoms with Crippen LogP contribution in [0.15, 0.2) is 24.3 Å². The molecule has 0 fully saturated rings. The number of benzene rings is 1. The molecule has 0 radical (unpaired) electrons. The fourth-order valence-electron chi connectivity index (χ4n) is 1.38. The molecule has 1 aromatic carbocycles. The zero-order valence-electron chi connectivity index (χ0n) is 8.65. The Morgan fingerprint density at radius 2 is 2.27 bits per heavy atom. The summed E-state index contributed by atoms with van der Waals surface area (Å²) in [6.45, 7) is 2.15. The molecular weight excluding hydrogens is 305 g/mol. The van der Waals surface area contributed by atoms with Crippen molar-refractivity contribution < 1.29 is 4.92 Å². The lowest BCUT2D eigenvalue weighted by Gasteiger charge is -2.08. The summed E-state index contributed by atoms with van der Waals surface area (Å²) in [5.41, 5.74) is 1.24. The number of nitrogens with zero attached hydrogens (tertiary/aromatic N) is 1. The molecule has 0 aliphatic rings. The summed E-state index contributed by atoms with van der Waals surface area (Å²) in [4.78, 5) is 10.3. The summed E-state index contributed by atoms with van der Waals surface area (Å²) in [5.74, 6) is 0. The summed E-state index contributed by atoms with van der Waals surface area (Å²) in [6.07, 6.45) is 3.41. The van der Waals surface area contributed by atoms with E-state index in [0.29, 0.717) is 3.92 Å². The van der Waals surface area contributed by atoms with Crippen molar-refractivity contribution in [3.63, 3.8) is 0 Å². The van der Waals surface area contributed by atoms with E-state index in [9.17, 15) is 10.1 Å². The SMILES string of the molecule is CCCCC(I)c1cccc([N+](=O)[O-])c1. The fraction of sp³-hybridized carbons (Fsp3) is 0.455. The Morgan fingerprint density at radius 1 is 1.53 bits per heavy atom. The van der Waals surface area contributed by atoms with E-state index in [-0.39, 0.29) is 10.6 Å². The standard InChI is InChI=1S/C11H14INO2/c1-2-3-7-11(12)9-5-4-6-10(8-9)13(14)15/h4-6,8,11H,2-3,7H2,1H3. The average molecular weight is 319 g/mol. The number of alkyl halides is 1. The lowest BCUT2D eigenvalue weighted by atomic mass is 10.1. The number of unbranched alkanes of at least 4 members (excludes halogenated alkanes) is 1. The second kappa shape index (κ2) is 6.05. The molecule has 0 saturated carbocycles. The Hall–Kier alpha value is -0.650. The van der Waals surface area contributed by atoms with Crippen LogP contribution >= 0.6 is 22.6 Å². The lowest BCUT2D eigenvalue weighted by molar-refractivity contribution is -0.384. The van der Waals surface area contributed by atoms with Crippen LogP contribution in [0.4, 0.5) is 5.69 Å². The van der Waals surface area contributed by atoms with E-state index in [4.69, 9.17) is 0 Å². The van der Waals surface area contributed by atoms with E-state index in [1.807, 2.05) is 6.07 Å². The molecule has 3 nitrogen and oxygen atoms in total. The van der Waals surface area contributed by atoms with Gasteiger partial charge in [-0.2, -0.15) is 0 Å². The van der Waals surface area contributed by atoms with Gasteiger partial charge in [-0.15, -0.1) is 0 Å². The molecule has 0 spiro atoms. The van der Waals surface area contributed by atoms with Gasteiger partial charge < -0.3 is 0 Å². The third-order valence-corrected chi connectivity index (χ3v) is 3.60. The number of nitro groups is 1. The first-order valence-electron chi connectivity index (χ1n) is 5.03. The normalized spacial score (nSPS) is 12.4. The van der Waals surface area contributed by atoms with Crippen LogP contribution in [0.5, 0.6) is 0 Å². The lowest BCUT2D eigenvalue weighted by Crippen LogP contribution is -1.93. The van der Waals surface area contributed by atoms with Crippen molar-refractivity contribution in [2.24, 2.45) is 0 Å². The molecule has 0 heterocycles. The van der Waals surface area contributed by atoms with Crippen LogP contribution in [0.2, 0.25) is 0 Å². The van der Waals surface area contributed by atoms with Crippen LogP contribution in [0.1, 0.15) is 35.7 Å². The predicted octanol–water partition coefficient (Wildman–Crippen LogP) is 4.26. The molecule has 0 aromatic heterocycles. The van der Waals surface area contributed by atoms with Gasteiger partial charge in [-0.1, -0.05) is 54.5 Å². The van der Waals surface area contributed by atoms with E-state index in [1.165, 1.54) is 6.07 Å². The second-order valence-electron chi connectivity index (χ2n) is 3.46. The minimum atomic E-state index is -0.341. The maximum atomic E-state index is 10.6. The molecule has 1 rings (SSSR count). The van der Waals surface area contributed by atoms with Crippen molar-refractivity contribution in [2.75, 3.05) is 0 Å². The smallest absolute Gasteiger partial charge is 0.258 e. The summed E-state index contributed by atoms with van der Waals surface area (Å²) < 4.78 is 0.377. The van der Waals surface area contributed by atoms with E-state index >= 15 is 0 Å². The highest BCUT2D eigenvalue weighted by Gasteiger charge is 2.11. The molecule has 4 heteroatoms. The molecule has 0 aliphatic carbocycles. The van der Waals surface area contributed by atoms with Crippen LogP contribution in [0.25, 0.3) is 0 Å². The minimum absolute atomic E-state index is 0.186. The quantitative estimate of drug-likeness (QED) is 0.352. The van der Waals surface area contributed by atoms with Gasteiger partial charge in [0, 0.05) is 16.1 Å². The molecule has 82 valence electrons. The number of hydrogen-bond acceptors (Lipinski definition) is 2. The largest absolute Gasteiger partial charge is 0.269 e. The molecule has 0 N–H and O–H groups in total. The van der Waals surface area contributed by atoms with Crippen molar-refractivity contribution >= 4 is 28.3 Å². The summed E-state index contributed by atoms with van der Waals surface area (Å²) in [6, 6.07) is 6.92. The highest BCUT2D eigenvalue weighted by molar-refractivity contribution is 14.1. The predicted molar refractivity (Wildman–Crippen MR) is 69.4 cm³/mol. The van der Waals surface area contributed by atoms with E-state index in [2.05, 4.69) is 29.5 Å². The first-order valence-corrected chi connectivity index (χ1v) is 6.28. The van der Waals surface area contributed by atoms with Gasteiger partial charge in [-0.3, -0.25) is 10.1 Å². The summed E-state index contributed by atoms with van der Waals surface area (Å²) in [7, 11) is 0. The highest BCUT2D eigenvalue weighted by atomic mass is 127. The first kappa shape index (κ1) is 12.4. The maximum absolute atomic E-state index is 10.6. The van der Waals surface area contributed by atoms with Gasteiger partial charge in [-0.05, 0) is 12.0 Å². The molecule has 0 amide bonds. The Bertz CT molecular complexity index is 341. The zero-order valence-corrected chi connectivity index (χ0v) is 10.8. The van der Waals surface area contributed by atoms with Crippen molar-refractivity contribution in [1.29, 1.82) is 0 Å². The fourth-order valence-corrected chi connectivity index (χ4v) is 2.21. The Balaban J connectivity index is 2.76. The van der Waals surface area contributed by atoms with E-state index in [1.54, 1.807) is 12.1 Å². The van der Waals surface area contributed by atoms with Gasteiger partial charge in [-0.25, -0.2) is 0 Å². The van der Waals surface area contributed by atoms with E-state index in [0.717, 1.165) is 24.8 Å². The van der Waals surface area contributed by atoms with Gasteiger partial charge in [0.05, 0.1) is 4.92 Å². The third-order valence-electron chi connectivity index (χ3n) is 2.25. The Kier molecular flexibility index (Phi) is 5.01. The zero-order chi connectivity index (χ0) is 11.3. The van der Waals surface area contributed by atoms with Gasteiger partial charge in [0.2, 0.25) is 0 Å². The number of non-ortho nitro benzene ring substituents is 1. The number of hydrogen-bond donors (Lipinski definition) is 0. The minimum Gasteiger partial charge on any atom is -0.258 e. The molecule has 0 saturated heterocycles. The van der Waals surface area contributed by atoms with Crippen molar-refractivity contribution in [1.82, 2.24) is 0 Å². The molecule has 1 atom stereocenters. The molecule has 0 aliphatic heterocycles. The van der Waals surface area contributed by atoms with Crippen LogP contribution in [0.3, 0.4) is 0 Å². The van der Waals surface area contributed by atoms with E-state index < -0.39 is 0 Å². The van der Waals surface area contributed by atoms with Gasteiger partial charge in [0.1, 0.15) is 0 Å². The van der Waals surface area contributed by atoms with Crippen LogP contribution in [0, 0.1) is 10.1 Å². The van der Waals surface area contributed by atoms with Crippen LogP contribution in [-0.2, 0) is 0 Å². The third kappa shape index (κ3) is 3.77. The topological polar surface area (TPSA) is 43.1 Å². The van der Waals surface area contributed by atoms with Crippen molar-refractivity contribution in [3.05, 3.63) is 39.9 Å². The number of nitro benzene ring substituents is 1. The first-order chi connectivity index (χ1) is 7.15. The maximum Gasteiger partial charge on any atom is 0.269 e.